The molecule has 18 heavy (non-hydrogen) atoms. The third-order valence-corrected chi connectivity index (χ3v) is 4.18. The van der Waals surface area contributed by atoms with Gasteiger partial charge < -0.3 is 10.0 Å². The molecule has 0 saturated carbocycles. The molecule has 102 valence electrons. The zero-order valence-electron chi connectivity index (χ0n) is 11.5. The molecule has 0 aliphatic heterocycles. The summed E-state index contributed by atoms with van der Waals surface area (Å²) in [4.78, 5) is 2.20. The summed E-state index contributed by atoms with van der Waals surface area (Å²) in [5, 5.41) is 10.2. The summed E-state index contributed by atoms with van der Waals surface area (Å²) in [6.07, 6.45) is 2.78. The summed E-state index contributed by atoms with van der Waals surface area (Å²) >= 11 is 8.15. The number of halogens is 1. The maximum absolute atomic E-state index is 9.53. The molecule has 0 amide bonds. The van der Waals surface area contributed by atoms with Gasteiger partial charge in [0, 0.05) is 13.1 Å². The summed E-state index contributed by atoms with van der Waals surface area (Å²) in [6, 6.07) is 6.22. The average Bonchev–Trinajstić information content (AvgIpc) is 2.34. The number of aliphatic hydroxyl groups is 1. The lowest BCUT2D eigenvalue weighted by atomic mass is 10.1. The van der Waals surface area contributed by atoms with Gasteiger partial charge in [0.05, 0.1) is 16.8 Å². The van der Waals surface area contributed by atoms with Gasteiger partial charge in [-0.05, 0) is 50.0 Å². The zero-order chi connectivity index (χ0) is 13.7. The monoisotopic (exact) mass is 287 g/mol. The molecule has 0 aliphatic carbocycles. The molecular formula is C14H22ClNOS. The van der Waals surface area contributed by atoms with Crippen molar-refractivity contribution < 1.29 is 5.11 Å². The summed E-state index contributed by atoms with van der Waals surface area (Å²) in [5.74, 6) is 1.15. The van der Waals surface area contributed by atoms with Crippen LogP contribution in [0, 0.1) is 0 Å². The van der Waals surface area contributed by atoms with E-state index in [1.807, 2.05) is 30.0 Å². The lowest BCUT2D eigenvalue weighted by molar-refractivity contribution is 0.199. The minimum atomic E-state index is -0.476. The summed E-state index contributed by atoms with van der Waals surface area (Å²) in [7, 11) is 2.06. The van der Waals surface area contributed by atoms with Crippen molar-refractivity contribution in [3.8, 4) is 0 Å². The largest absolute Gasteiger partial charge is 0.389 e. The van der Waals surface area contributed by atoms with Crippen LogP contribution < -0.4 is 4.90 Å². The van der Waals surface area contributed by atoms with Crippen molar-refractivity contribution in [2.24, 2.45) is 0 Å². The van der Waals surface area contributed by atoms with Gasteiger partial charge in [-0.15, -0.1) is 0 Å². The van der Waals surface area contributed by atoms with Gasteiger partial charge in [-0.2, -0.15) is 11.8 Å². The van der Waals surface area contributed by atoms with E-state index in [4.69, 9.17) is 11.6 Å². The molecule has 0 fully saturated rings. The van der Waals surface area contributed by atoms with Crippen LogP contribution in [-0.4, -0.2) is 30.2 Å². The van der Waals surface area contributed by atoms with E-state index in [0.29, 0.717) is 11.1 Å². The molecule has 0 bridgehead atoms. The Morgan fingerprint density at radius 2 is 2.06 bits per heavy atom. The second-order valence-corrected chi connectivity index (χ2v) is 6.02. The maximum atomic E-state index is 9.53. The van der Waals surface area contributed by atoms with E-state index in [0.717, 1.165) is 23.4 Å². The summed E-state index contributed by atoms with van der Waals surface area (Å²) < 4.78 is 0. The maximum Gasteiger partial charge on any atom is 0.0762 e. The highest BCUT2D eigenvalue weighted by Gasteiger charge is 2.14. The van der Waals surface area contributed by atoms with E-state index in [-0.39, 0.29) is 0 Å². The zero-order valence-corrected chi connectivity index (χ0v) is 13.1. The standard InChI is InChI=1S/C14H22ClNOS/c1-10(7-8-18-4)16(3)14-6-5-12(11(2)17)9-13(14)15/h5-6,9-11,17H,7-8H2,1-4H3/t10?,11-/m0/s1. The second-order valence-electron chi connectivity index (χ2n) is 4.63. The van der Waals surface area contributed by atoms with Crippen molar-refractivity contribution in [3.63, 3.8) is 0 Å². The van der Waals surface area contributed by atoms with Gasteiger partial charge in [0.2, 0.25) is 0 Å². The van der Waals surface area contributed by atoms with Gasteiger partial charge in [0.15, 0.2) is 0 Å². The van der Waals surface area contributed by atoms with E-state index in [1.165, 1.54) is 0 Å². The fraction of sp³-hybridized carbons (Fsp3) is 0.571. The number of nitrogens with zero attached hydrogens (tertiary/aromatic N) is 1. The van der Waals surface area contributed by atoms with Crippen molar-refractivity contribution in [2.75, 3.05) is 24.0 Å². The SMILES string of the molecule is CSCCC(C)N(C)c1ccc([C@H](C)O)cc1Cl. The van der Waals surface area contributed by atoms with Crippen LogP contribution in [0.5, 0.6) is 0 Å². The van der Waals surface area contributed by atoms with E-state index in [1.54, 1.807) is 6.92 Å². The molecule has 0 radical (unpaired) electrons. The second kappa shape index (κ2) is 7.27. The molecular weight excluding hydrogens is 266 g/mol. The number of thioether (sulfide) groups is 1. The van der Waals surface area contributed by atoms with Crippen LogP contribution >= 0.6 is 23.4 Å². The van der Waals surface area contributed by atoms with Gasteiger partial charge in [0.25, 0.3) is 0 Å². The van der Waals surface area contributed by atoms with E-state index in [2.05, 4.69) is 25.1 Å². The Hall–Kier alpha value is -0.380. The Balaban J connectivity index is 2.82. The molecule has 1 rings (SSSR count). The Morgan fingerprint density at radius 3 is 2.56 bits per heavy atom. The highest BCUT2D eigenvalue weighted by molar-refractivity contribution is 7.98. The first-order chi connectivity index (χ1) is 8.47. The number of anilines is 1. The van der Waals surface area contributed by atoms with Crippen LogP contribution in [0.1, 0.15) is 31.9 Å². The minimum Gasteiger partial charge on any atom is -0.389 e. The van der Waals surface area contributed by atoms with Gasteiger partial charge >= 0.3 is 0 Å². The van der Waals surface area contributed by atoms with Crippen molar-refractivity contribution in [1.82, 2.24) is 0 Å². The summed E-state index contributed by atoms with van der Waals surface area (Å²) in [6.45, 7) is 3.95. The number of hydrogen-bond donors (Lipinski definition) is 1. The topological polar surface area (TPSA) is 23.5 Å². The number of hydrogen-bond acceptors (Lipinski definition) is 3. The third-order valence-electron chi connectivity index (χ3n) is 3.24. The van der Waals surface area contributed by atoms with Gasteiger partial charge in [-0.3, -0.25) is 0 Å². The highest BCUT2D eigenvalue weighted by Crippen LogP contribution is 2.30. The van der Waals surface area contributed by atoms with Gasteiger partial charge in [0.1, 0.15) is 0 Å². The normalized spacial score (nSPS) is 14.3. The summed E-state index contributed by atoms with van der Waals surface area (Å²) in [5.41, 5.74) is 1.88. The van der Waals surface area contributed by atoms with Crippen LogP contribution in [-0.2, 0) is 0 Å². The van der Waals surface area contributed by atoms with E-state index in [9.17, 15) is 5.11 Å². The molecule has 4 heteroatoms. The molecule has 0 aliphatic rings. The molecule has 0 saturated heterocycles. The lowest BCUT2D eigenvalue weighted by Gasteiger charge is -2.28. The van der Waals surface area contributed by atoms with Crippen LogP contribution in [0.25, 0.3) is 0 Å². The number of aliphatic hydroxyl groups excluding tert-OH is 1. The molecule has 1 aromatic rings. The predicted molar refractivity (Wildman–Crippen MR) is 82.9 cm³/mol. The van der Waals surface area contributed by atoms with Crippen molar-refractivity contribution in [3.05, 3.63) is 28.8 Å². The Kier molecular flexibility index (Phi) is 6.33. The first-order valence-corrected chi connectivity index (χ1v) is 7.93. The molecule has 2 atom stereocenters. The fourth-order valence-corrected chi connectivity index (χ4v) is 2.69. The van der Waals surface area contributed by atoms with Gasteiger partial charge in [-0.1, -0.05) is 17.7 Å². The number of benzene rings is 1. The molecule has 0 spiro atoms. The minimum absolute atomic E-state index is 0.451. The smallest absolute Gasteiger partial charge is 0.0762 e. The van der Waals surface area contributed by atoms with E-state index < -0.39 is 6.10 Å². The highest BCUT2D eigenvalue weighted by atomic mass is 35.5. The molecule has 1 aromatic carbocycles. The average molecular weight is 288 g/mol. The molecule has 0 heterocycles. The van der Waals surface area contributed by atoms with Gasteiger partial charge in [-0.25, -0.2) is 0 Å². The Morgan fingerprint density at radius 1 is 1.39 bits per heavy atom. The van der Waals surface area contributed by atoms with Crippen LogP contribution in [0.4, 0.5) is 5.69 Å². The Bertz CT molecular complexity index is 384. The third kappa shape index (κ3) is 4.08. The quantitative estimate of drug-likeness (QED) is 0.856. The number of rotatable bonds is 6. The van der Waals surface area contributed by atoms with Crippen LogP contribution in [0.15, 0.2) is 18.2 Å². The molecule has 1 unspecified atom stereocenters. The first-order valence-electron chi connectivity index (χ1n) is 6.16. The van der Waals surface area contributed by atoms with Crippen molar-refractivity contribution >= 4 is 29.1 Å². The van der Waals surface area contributed by atoms with Crippen molar-refractivity contribution in [1.29, 1.82) is 0 Å². The Labute approximate surface area is 119 Å². The first kappa shape index (κ1) is 15.7. The lowest BCUT2D eigenvalue weighted by Crippen LogP contribution is -2.29. The predicted octanol–water partition coefficient (Wildman–Crippen LogP) is 3.97. The molecule has 0 aromatic heterocycles. The fourth-order valence-electron chi connectivity index (χ4n) is 1.79. The van der Waals surface area contributed by atoms with Crippen molar-refractivity contribution in [2.45, 2.75) is 32.4 Å². The van der Waals surface area contributed by atoms with Crippen LogP contribution in [0.3, 0.4) is 0 Å². The molecule has 2 nitrogen and oxygen atoms in total. The molecule has 1 N–H and O–H groups in total. The van der Waals surface area contributed by atoms with Crippen LogP contribution in [0.2, 0.25) is 5.02 Å². The van der Waals surface area contributed by atoms with E-state index >= 15 is 0 Å².